The monoisotopic (exact) mass is 766 g/mol. The predicted molar refractivity (Wildman–Crippen MR) is 255 cm³/mol. The second-order valence-electron chi connectivity index (χ2n) is 18.1. The van der Waals surface area contributed by atoms with Crippen LogP contribution in [0.4, 0.5) is 0 Å². The van der Waals surface area contributed by atoms with E-state index in [9.17, 15) is 0 Å². The Bertz CT molecular complexity index is 3210. The molecule has 0 radical (unpaired) electrons. The maximum absolute atomic E-state index is 2.68. The second-order valence-corrected chi connectivity index (χ2v) is 18.1. The molecule has 0 amide bonds. The quantitative estimate of drug-likeness (QED) is 0.157. The number of fused-ring (bicyclic) bond motifs is 8. The minimum atomic E-state index is 0.256. The van der Waals surface area contributed by atoms with Crippen LogP contribution in [-0.2, 0) is 0 Å². The van der Waals surface area contributed by atoms with Crippen LogP contribution >= 0.6 is 0 Å². The molecule has 0 N–H and O–H groups in total. The van der Waals surface area contributed by atoms with Crippen LogP contribution in [0.3, 0.4) is 0 Å². The highest BCUT2D eigenvalue weighted by Gasteiger charge is 2.46. The maximum atomic E-state index is 2.68. The van der Waals surface area contributed by atoms with Crippen molar-refractivity contribution in [1.29, 1.82) is 0 Å². The van der Waals surface area contributed by atoms with Gasteiger partial charge in [0, 0.05) is 11.8 Å². The molecule has 0 saturated carbocycles. The van der Waals surface area contributed by atoms with E-state index in [1.54, 1.807) is 11.1 Å². The molecule has 0 heteroatoms. The normalized spacial score (nSPS) is 21.9. The summed E-state index contributed by atoms with van der Waals surface area (Å²) in [5, 5.41) is 5.56. The van der Waals surface area contributed by atoms with Gasteiger partial charge < -0.3 is 0 Å². The van der Waals surface area contributed by atoms with Crippen molar-refractivity contribution in [2.24, 2.45) is 17.8 Å². The summed E-state index contributed by atoms with van der Waals surface area (Å²) in [7, 11) is 0. The lowest BCUT2D eigenvalue weighted by Gasteiger charge is -2.36. The van der Waals surface area contributed by atoms with Crippen molar-refractivity contribution in [2.45, 2.75) is 46.0 Å². The molecule has 7 aliphatic rings. The van der Waals surface area contributed by atoms with E-state index in [-0.39, 0.29) is 5.92 Å². The van der Waals surface area contributed by atoms with E-state index >= 15 is 0 Å². The summed E-state index contributed by atoms with van der Waals surface area (Å²) in [6.45, 7) is 4.75. The van der Waals surface area contributed by atoms with Gasteiger partial charge in [-0.3, -0.25) is 0 Å². The fourth-order valence-electron chi connectivity index (χ4n) is 12.6. The van der Waals surface area contributed by atoms with Gasteiger partial charge in [0.05, 0.1) is 0 Å². The summed E-state index contributed by atoms with van der Waals surface area (Å²) in [5.41, 5.74) is 27.2. The minimum Gasteiger partial charge on any atom is -0.0837 e. The Labute approximate surface area is 353 Å². The van der Waals surface area contributed by atoms with Gasteiger partial charge in [-0.1, -0.05) is 165 Å². The van der Waals surface area contributed by atoms with Crippen LogP contribution < -0.4 is 0 Å². The molecule has 60 heavy (non-hydrogen) atoms. The first-order valence-electron chi connectivity index (χ1n) is 22.3. The molecule has 7 aliphatic carbocycles. The van der Waals surface area contributed by atoms with Gasteiger partial charge in [-0.25, -0.2) is 0 Å². The number of benzene rings is 6. The van der Waals surface area contributed by atoms with Crippen LogP contribution in [0.2, 0.25) is 0 Å². The predicted octanol–water partition coefficient (Wildman–Crippen LogP) is 16.1. The van der Waals surface area contributed by atoms with Gasteiger partial charge in [-0.15, -0.1) is 0 Å². The Balaban J connectivity index is 1.19. The van der Waals surface area contributed by atoms with Gasteiger partial charge >= 0.3 is 0 Å². The maximum Gasteiger partial charge on any atom is 0.0206 e. The molecule has 6 aromatic carbocycles. The van der Waals surface area contributed by atoms with Gasteiger partial charge in [0.15, 0.2) is 0 Å². The molecule has 6 aromatic rings. The van der Waals surface area contributed by atoms with Crippen molar-refractivity contribution in [1.82, 2.24) is 0 Å². The van der Waals surface area contributed by atoms with E-state index in [1.807, 2.05) is 0 Å². The Hall–Kier alpha value is -6.50. The molecular weight excluding hydrogens is 721 g/mol. The van der Waals surface area contributed by atoms with E-state index in [0.717, 1.165) is 32.1 Å². The molecule has 0 bridgehead atoms. The Morgan fingerprint density at radius 2 is 1.35 bits per heavy atom. The Morgan fingerprint density at radius 3 is 2.18 bits per heavy atom. The van der Waals surface area contributed by atoms with Crippen molar-refractivity contribution in [2.75, 3.05) is 0 Å². The van der Waals surface area contributed by atoms with Crippen molar-refractivity contribution >= 4 is 43.8 Å². The fourth-order valence-corrected chi connectivity index (χ4v) is 12.6. The minimum absolute atomic E-state index is 0.256. The van der Waals surface area contributed by atoms with E-state index in [1.165, 1.54) is 116 Å². The molecule has 0 spiro atoms. The summed E-state index contributed by atoms with van der Waals surface area (Å²) in [4.78, 5) is 0. The first-order chi connectivity index (χ1) is 29.6. The molecule has 286 valence electrons. The van der Waals surface area contributed by atoms with Gasteiger partial charge in [0.2, 0.25) is 0 Å². The van der Waals surface area contributed by atoms with Crippen LogP contribution in [0.15, 0.2) is 192 Å². The molecule has 3 atom stereocenters. The molecule has 0 saturated heterocycles. The van der Waals surface area contributed by atoms with E-state index in [4.69, 9.17) is 0 Å². The van der Waals surface area contributed by atoms with Crippen molar-refractivity contribution < 1.29 is 0 Å². The topological polar surface area (TPSA) is 0 Å². The zero-order chi connectivity index (χ0) is 39.6. The molecule has 0 aliphatic heterocycles. The van der Waals surface area contributed by atoms with Crippen LogP contribution in [0.25, 0.3) is 77.2 Å². The second kappa shape index (κ2) is 13.0. The zero-order valence-electron chi connectivity index (χ0n) is 34.4. The molecule has 0 fully saturated rings. The lowest BCUT2D eigenvalue weighted by atomic mass is 9.67. The molecule has 0 heterocycles. The molecular formula is C60H46. The molecule has 3 unspecified atom stereocenters. The SMILES string of the molecule is CC1=C(C2=CC3=C(C=C4c5c(c(-c6ccccc6)c6cc7c8c(cccc8c6c5-c5ccccc5-c5ccccc5)C5=C7CCC=C5)C5=CC=CC3C54)CC2)C(C)CC=C1. The van der Waals surface area contributed by atoms with Crippen molar-refractivity contribution in [3.8, 4) is 33.4 Å². The summed E-state index contributed by atoms with van der Waals surface area (Å²) in [6.07, 6.45) is 27.7. The van der Waals surface area contributed by atoms with Crippen LogP contribution in [0.5, 0.6) is 0 Å². The largest absolute Gasteiger partial charge is 0.0837 e. The third-order valence-corrected chi connectivity index (χ3v) is 14.9. The lowest BCUT2D eigenvalue weighted by molar-refractivity contribution is 0.641. The number of allylic oxidation sites excluding steroid dienone is 18. The fraction of sp³-hybridized carbons (Fsp3) is 0.167. The third-order valence-electron chi connectivity index (χ3n) is 14.9. The highest BCUT2D eigenvalue weighted by molar-refractivity contribution is 6.30. The smallest absolute Gasteiger partial charge is 0.0206 e. The highest BCUT2D eigenvalue weighted by atomic mass is 14.5. The molecule has 0 nitrogen and oxygen atoms in total. The number of rotatable bonds is 4. The first kappa shape index (κ1) is 34.4. The third kappa shape index (κ3) is 4.74. The molecule has 0 aromatic heterocycles. The van der Waals surface area contributed by atoms with Gasteiger partial charge in [0.1, 0.15) is 0 Å². The van der Waals surface area contributed by atoms with Crippen LogP contribution in [-0.4, -0.2) is 0 Å². The number of hydrogen-bond acceptors (Lipinski definition) is 0. The molecule has 13 rings (SSSR count). The van der Waals surface area contributed by atoms with Crippen LogP contribution in [0, 0.1) is 17.8 Å². The van der Waals surface area contributed by atoms with Gasteiger partial charge in [-0.05, 0) is 178 Å². The van der Waals surface area contributed by atoms with E-state index < -0.39 is 0 Å². The zero-order valence-corrected chi connectivity index (χ0v) is 34.4. The van der Waals surface area contributed by atoms with E-state index in [0.29, 0.717) is 11.8 Å². The summed E-state index contributed by atoms with van der Waals surface area (Å²) >= 11 is 0. The summed E-state index contributed by atoms with van der Waals surface area (Å²) < 4.78 is 0. The lowest BCUT2D eigenvalue weighted by Crippen LogP contribution is -2.22. The Morgan fingerprint density at radius 1 is 0.583 bits per heavy atom. The first-order valence-corrected chi connectivity index (χ1v) is 22.3. The average molecular weight is 767 g/mol. The standard InChI is InChI=1S/C60H46/c1-35-16-13-17-36(2)53(35)40-31-30-39-32-51-56-46(49(39)33-40)27-15-29-48(56)59-54(38-20-7-4-8-21-38)52-34-50-43-24-11-10-23-42(43)45-26-14-28-47(55(45)50)57(52)58(60(51)59)44-25-12-9-22-41(44)37-18-5-3-6-19-37/h3-10,12-16,18-23,25-29,32-34,36,46,56H,11,17,24,30-31H2,1-2H3. The van der Waals surface area contributed by atoms with Crippen LogP contribution in [0.1, 0.15) is 68.2 Å². The van der Waals surface area contributed by atoms with Crippen molar-refractivity contribution in [3.63, 3.8) is 0 Å². The Kier molecular flexibility index (Phi) is 7.45. The highest BCUT2D eigenvalue weighted by Crippen LogP contribution is 2.64. The van der Waals surface area contributed by atoms with Gasteiger partial charge in [-0.2, -0.15) is 0 Å². The number of hydrogen-bond donors (Lipinski definition) is 0. The van der Waals surface area contributed by atoms with E-state index in [2.05, 4.69) is 178 Å². The average Bonchev–Trinajstić information content (AvgIpc) is 3.80. The van der Waals surface area contributed by atoms with Gasteiger partial charge in [0.25, 0.3) is 0 Å². The summed E-state index contributed by atoms with van der Waals surface area (Å²) in [5.74, 6) is 1.11. The summed E-state index contributed by atoms with van der Waals surface area (Å²) in [6, 6.07) is 41.5. The van der Waals surface area contributed by atoms with Crippen molar-refractivity contribution in [3.05, 3.63) is 214 Å².